The summed E-state index contributed by atoms with van der Waals surface area (Å²) in [4.78, 5) is 2.41. The van der Waals surface area contributed by atoms with Crippen molar-refractivity contribution in [3.05, 3.63) is 29.3 Å². The van der Waals surface area contributed by atoms with Crippen molar-refractivity contribution in [2.24, 2.45) is 5.41 Å². The number of aryl methyl sites for hydroxylation is 1. The van der Waals surface area contributed by atoms with Gasteiger partial charge < -0.3 is 4.90 Å². The van der Waals surface area contributed by atoms with Crippen LogP contribution in [-0.4, -0.2) is 13.1 Å². The van der Waals surface area contributed by atoms with Crippen molar-refractivity contribution in [1.29, 1.82) is 5.26 Å². The quantitative estimate of drug-likeness (QED) is 0.718. The van der Waals surface area contributed by atoms with Gasteiger partial charge in [-0.1, -0.05) is 13.8 Å². The molecule has 0 amide bonds. The van der Waals surface area contributed by atoms with Gasteiger partial charge >= 0.3 is 0 Å². The summed E-state index contributed by atoms with van der Waals surface area (Å²) in [6.07, 6.45) is 1.24. The Hall–Kier alpha value is -1.49. The third-order valence-electron chi connectivity index (χ3n) is 3.37. The number of hydrogen-bond donors (Lipinski definition) is 0. The Balaban J connectivity index is 2.24. The molecule has 1 aromatic rings. The average molecular weight is 214 g/mol. The minimum atomic E-state index is 0.418. The van der Waals surface area contributed by atoms with Crippen LogP contribution in [0.3, 0.4) is 0 Å². The van der Waals surface area contributed by atoms with E-state index in [1.807, 2.05) is 13.0 Å². The molecular weight excluding hydrogens is 196 g/mol. The molecular formula is C14H18N2. The summed E-state index contributed by atoms with van der Waals surface area (Å²) in [5.41, 5.74) is 3.52. The highest BCUT2D eigenvalue weighted by Crippen LogP contribution is 2.32. The summed E-state index contributed by atoms with van der Waals surface area (Å²) >= 11 is 0. The Kier molecular flexibility index (Phi) is 2.63. The van der Waals surface area contributed by atoms with E-state index in [1.165, 1.54) is 12.1 Å². The Labute approximate surface area is 97.5 Å². The largest absolute Gasteiger partial charge is 0.371 e. The highest BCUT2D eigenvalue weighted by Gasteiger charge is 2.29. The summed E-state index contributed by atoms with van der Waals surface area (Å²) < 4.78 is 0. The predicted molar refractivity (Wildman–Crippen MR) is 66.5 cm³/mol. The van der Waals surface area contributed by atoms with Crippen molar-refractivity contribution in [1.82, 2.24) is 0 Å². The fourth-order valence-electron chi connectivity index (χ4n) is 2.30. The fraction of sp³-hybridized carbons (Fsp3) is 0.500. The number of nitriles is 1. The molecule has 1 aliphatic heterocycles. The van der Waals surface area contributed by atoms with Crippen molar-refractivity contribution in [3.8, 4) is 6.07 Å². The maximum atomic E-state index is 8.89. The lowest BCUT2D eigenvalue weighted by molar-refractivity contribution is 0.418. The van der Waals surface area contributed by atoms with Crippen molar-refractivity contribution in [2.45, 2.75) is 27.2 Å². The van der Waals surface area contributed by atoms with E-state index in [-0.39, 0.29) is 0 Å². The van der Waals surface area contributed by atoms with Gasteiger partial charge in [-0.2, -0.15) is 5.26 Å². The summed E-state index contributed by atoms with van der Waals surface area (Å²) in [7, 11) is 0. The molecule has 1 aromatic carbocycles. The van der Waals surface area contributed by atoms with Crippen LogP contribution < -0.4 is 4.90 Å². The number of hydrogen-bond acceptors (Lipinski definition) is 2. The van der Waals surface area contributed by atoms with Crippen molar-refractivity contribution in [2.75, 3.05) is 18.0 Å². The zero-order valence-corrected chi connectivity index (χ0v) is 10.2. The van der Waals surface area contributed by atoms with Crippen molar-refractivity contribution < 1.29 is 0 Å². The van der Waals surface area contributed by atoms with E-state index in [1.54, 1.807) is 0 Å². The number of rotatable bonds is 1. The molecule has 0 spiro atoms. The monoisotopic (exact) mass is 214 g/mol. The Morgan fingerprint density at radius 2 is 2.12 bits per heavy atom. The van der Waals surface area contributed by atoms with Gasteiger partial charge in [-0.05, 0) is 42.5 Å². The van der Waals surface area contributed by atoms with Gasteiger partial charge in [-0.25, -0.2) is 0 Å². The molecule has 2 rings (SSSR count). The molecule has 84 valence electrons. The molecule has 0 radical (unpaired) electrons. The molecule has 0 N–H and O–H groups in total. The summed E-state index contributed by atoms with van der Waals surface area (Å²) in [5.74, 6) is 0. The predicted octanol–water partition coefficient (Wildman–Crippen LogP) is 3.10. The first-order valence-corrected chi connectivity index (χ1v) is 5.77. The van der Waals surface area contributed by atoms with E-state index in [0.717, 1.165) is 24.2 Å². The molecule has 0 aliphatic carbocycles. The maximum absolute atomic E-state index is 8.89. The molecule has 2 heteroatoms. The molecule has 1 aliphatic rings. The molecule has 0 atom stereocenters. The van der Waals surface area contributed by atoms with Crippen LogP contribution in [0.1, 0.15) is 31.4 Å². The molecule has 1 fully saturated rings. The zero-order chi connectivity index (χ0) is 11.8. The Morgan fingerprint density at radius 1 is 1.38 bits per heavy atom. The van der Waals surface area contributed by atoms with Gasteiger partial charge in [0.05, 0.1) is 11.6 Å². The van der Waals surface area contributed by atoms with E-state index in [2.05, 4.69) is 36.9 Å². The molecule has 0 aromatic heterocycles. The first-order chi connectivity index (χ1) is 7.52. The minimum Gasteiger partial charge on any atom is -0.371 e. The van der Waals surface area contributed by atoms with Gasteiger partial charge in [0.2, 0.25) is 0 Å². The maximum Gasteiger partial charge on any atom is 0.0994 e. The Morgan fingerprint density at radius 3 is 2.62 bits per heavy atom. The SMILES string of the molecule is Cc1cc(N2CCC(C)(C)C2)ccc1C#N. The van der Waals surface area contributed by atoms with Crippen LogP contribution >= 0.6 is 0 Å². The zero-order valence-electron chi connectivity index (χ0n) is 10.2. The summed E-state index contributed by atoms with van der Waals surface area (Å²) in [5, 5.41) is 8.89. The van der Waals surface area contributed by atoms with Crippen LogP contribution in [0.15, 0.2) is 18.2 Å². The van der Waals surface area contributed by atoms with Gasteiger partial charge in [0.1, 0.15) is 0 Å². The van der Waals surface area contributed by atoms with E-state index in [9.17, 15) is 0 Å². The standard InChI is InChI=1S/C14H18N2/c1-11-8-13(5-4-12(11)9-15)16-7-6-14(2,3)10-16/h4-5,8H,6-7,10H2,1-3H3. The third kappa shape index (κ3) is 2.04. The van der Waals surface area contributed by atoms with Crippen LogP contribution in [-0.2, 0) is 0 Å². The first kappa shape index (κ1) is 11.0. The van der Waals surface area contributed by atoms with Gasteiger partial charge in [0.25, 0.3) is 0 Å². The fourth-order valence-corrected chi connectivity index (χ4v) is 2.30. The van der Waals surface area contributed by atoms with Gasteiger partial charge in [0.15, 0.2) is 0 Å². The van der Waals surface area contributed by atoms with Gasteiger partial charge in [-0.15, -0.1) is 0 Å². The van der Waals surface area contributed by atoms with E-state index >= 15 is 0 Å². The molecule has 0 bridgehead atoms. The van der Waals surface area contributed by atoms with Crippen molar-refractivity contribution >= 4 is 5.69 Å². The molecule has 16 heavy (non-hydrogen) atoms. The lowest BCUT2D eigenvalue weighted by Gasteiger charge is -2.22. The van der Waals surface area contributed by atoms with Crippen LogP contribution in [0.25, 0.3) is 0 Å². The molecule has 2 nitrogen and oxygen atoms in total. The van der Waals surface area contributed by atoms with Crippen LogP contribution in [0.4, 0.5) is 5.69 Å². The van der Waals surface area contributed by atoms with Gasteiger partial charge in [-0.3, -0.25) is 0 Å². The molecule has 1 saturated heterocycles. The van der Waals surface area contributed by atoms with E-state index in [0.29, 0.717) is 5.41 Å². The van der Waals surface area contributed by atoms with Crippen LogP contribution in [0.5, 0.6) is 0 Å². The number of anilines is 1. The second-order valence-electron chi connectivity index (χ2n) is 5.45. The molecule has 0 saturated carbocycles. The van der Waals surface area contributed by atoms with Crippen molar-refractivity contribution in [3.63, 3.8) is 0 Å². The number of nitrogens with zero attached hydrogens (tertiary/aromatic N) is 2. The van der Waals surface area contributed by atoms with Crippen LogP contribution in [0, 0.1) is 23.7 Å². The van der Waals surface area contributed by atoms with E-state index < -0.39 is 0 Å². The first-order valence-electron chi connectivity index (χ1n) is 5.77. The highest BCUT2D eigenvalue weighted by molar-refractivity contribution is 5.54. The van der Waals surface area contributed by atoms with Crippen LogP contribution in [0.2, 0.25) is 0 Å². The number of benzene rings is 1. The van der Waals surface area contributed by atoms with E-state index in [4.69, 9.17) is 5.26 Å². The average Bonchev–Trinajstić information content (AvgIpc) is 2.59. The smallest absolute Gasteiger partial charge is 0.0994 e. The molecule has 1 heterocycles. The topological polar surface area (TPSA) is 27.0 Å². The Bertz CT molecular complexity index is 441. The second-order valence-corrected chi connectivity index (χ2v) is 5.45. The summed E-state index contributed by atoms with van der Waals surface area (Å²) in [6, 6.07) is 8.32. The summed E-state index contributed by atoms with van der Waals surface area (Å²) in [6.45, 7) is 8.85. The highest BCUT2D eigenvalue weighted by atomic mass is 15.2. The van der Waals surface area contributed by atoms with Gasteiger partial charge in [0, 0.05) is 18.8 Å². The lowest BCUT2D eigenvalue weighted by atomic mass is 9.93. The lowest BCUT2D eigenvalue weighted by Crippen LogP contribution is -2.22. The second kappa shape index (κ2) is 3.83. The molecule has 0 unspecified atom stereocenters. The third-order valence-corrected chi connectivity index (χ3v) is 3.37. The minimum absolute atomic E-state index is 0.418. The normalized spacial score (nSPS) is 18.5.